The number of anilines is 1. The van der Waals surface area contributed by atoms with Crippen molar-refractivity contribution in [1.29, 1.82) is 0 Å². The zero-order valence-corrected chi connectivity index (χ0v) is 18.9. The Kier molecular flexibility index (Phi) is 6.66. The van der Waals surface area contributed by atoms with Gasteiger partial charge in [-0.05, 0) is 47.9 Å². The Labute approximate surface area is 191 Å². The minimum Gasteiger partial charge on any atom is -0.494 e. The summed E-state index contributed by atoms with van der Waals surface area (Å²) < 4.78 is 5.62. The Balaban J connectivity index is 1.44. The molecule has 2 heterocycles. The lowest BCUT2D eigenvalue weighted by molar-refractivity contribution is -0.129. The fourth-order valence-corrected chi connectivity index (χ4v) is 4.40. The molecule has 1 N–H and O–H groups in total. The molecule has 1 aliphatic rings. The fourth-order valence-electron chi connectivity index (χ4n) is 3.66. The number of fused-ring (bicyclic) bond motifs is 1. The van der Waals surface area contributed by atoms with Gasteiger partial charge >= 0.3 is 0 Å². The third-order valence-electron chi connectivity index (χ3n) is 5.22. The highest BCUT2D eigenvalue weighted by atomic mass is 32.1. The average molecular weight is 448 g/mol. The van der Waals surface area contributed by atoms with E-state index < -0.39 is 0 Å². The zero-order valence-electron chi connectivity index (χ0n) is 18.1. The maximum Gasteiger partial charge on any atom is 0.228 e. The van der Waals surface area contributed by atoms with E-state index in [4.69, 9.17) is 4.74 Å². The molecule has 1 aliphatic heterocycles. The maximum absolute atomic E-state index is 12.8. The average Bonchev–Trinajstić information content (AvgIpc) is 3.26. The number of nitrogens with zero attached hydrogens (tertiary/aromatic N) is 2. The van der Waals surface area contributed by atoms with Gasteiger partial charge < -0.3 is 15.0 Å². The number of hydrogen-bond acceptors (Lipinski definition) is 5. The molecule has 164 valence electrons. The number of nitrogens with one attached hydrogen (secondary N) is 1. The van der Waals surface area contributed by atoms with E-state index >= 15 is 0 Å². The number of hydrogen-bond donors (Lipinski definition) is 1. The first kappa shape index (κ1) is 21.8. The Morgan fingerprint density at radius 2 is 1.94 bits per heavy atom. The summed E-state index contributed by atoms with van der Waals surface area (Å²) in [5, 5.41) is 5.34. The molecular weight excluding hydrogens is 422 g/mol. The summed E-state index contributed by atoms with van der Waals surface area (Å²) in [7, 11) is 0. The van der Waals surface area contributed by atoms with E-state index in [0.717, 1.165) is 34.6 Å². The van der Waals surface area contributed by atoms with Gasteiger partial charge in [-0.15, -0.1) is 11.3 Å². The van der Waals surface area contributed by atoms with Gasteiger partial charge in [0, 0.05) is 24.1 Å². The van der Waals surface area contributed by atoms with Crippen molar-refractivity contribution in [1.82, 2.24) is 9.88 Å². The van der Waals surface area contributed by atoms with Crippen LogP contribution in [0.25, 0.3) is 17.3 Å². The summed E-state index contributed by atoms with van der Waals surface area (Å²) in [5.41, 5.74) is 3.74. The van der Waals surface area contributed by atoms with Gasteiger partial charge in [-0.2, -0.15) is 0 Å². The monoisotopic (exact) mass is 447 g/mol. The number of amides is 2. The number of carbonyl (C=O) groups excluding carboxylic acids is 2. The molecule has 0 spiro atoms. The van der Waals surface area contributed by atoms with Crippen molar-refractivity contribution in [2.45, 2.75) is 32.7 Å². The van der Waals surface area contributed by atoms with Crippen LogP contribution in [0.15, 0.2) is 60.1 Å². The molecule has 7 heteroatoms. The quantitative estimate of drug-likeness (QED) is 0.519. The van der Waals surface area contributed by atoms with E-state index in [-0.39, 0.29) is 24.3 Å². The molecule has 0 saturated carbocycles. The molecular formula is C25H25N3O3S. The first-order valence-electron chi connectivity index (χ1n) is 10.6. The number of rotatable bonds is 7. The van der Waals surface area contributed by atoms with Crippen molar-refractivity contribution >= 4 is 34.4 Å². The van der Waals surface area contributed by atoms with Gasteiger partial charge in [-0.1, -0.05) is 31.2 Å². The van der Waals surface area contributed by atoms with Crippen molar-refractivity contribution in [2.24, 2.45) is 0 Å². The van der Waals surface area contributed by atoms with Crippen molar-refractivity contribution in [3.63, 3.8) is 0 Å². The SMILES string of the molecule is CCCOc1ccc(-c2csc(NC(=O)CC3c4ccccc4C=CN3C(C)=O)n2)cc1. The lowest BCUT2D eigenvalue weighted by atomic mass is 9.93. The van der Waals surface area contributed by atoms with Gasteiger partial charge in [0.05, 0.1) is 24.8 Å². The van der Waals surface area contributed by atoms with Crippen molar-refractivity contribution in [3.8, 4) is 17.0 Å². The number of benzene rings is 2. The maximum atomic E-state index is 12.8. The normalized spacial score (nSPS) is 14.7. The van der Waals surface area contributed by atoms with Gasteiger partial charge in [-0.25, -0.2) is 4.98 Å². The smallest absolute Gasteiger partial charge is 0.228 e. The van der Waals surface area contributed by atoms with Crippen LogP contribution in [0.2, 0.25) is 0 Å². The van der Waals surface area contributed by atoms with E-state index in [2.05, 4.69) is 17.2 Å². The predicted octanol–water partition coefficient (Wildman–Crippen LogP) is 5.50. The van der Waals surface area contributed by atoms with Crippen LogP contribution >= 0.6 is 11.3 Å². The van der Waals surface area contributed by atoms with Crippen LogP contribution < -0.4 is 10.1 Å². The lowest BCUT2D eigenvalue weighted by Crippen LogP contribution is -2.33. The zero-order chi connectivity index (χ0) is 22.5. The summed E-state index contributed by atoms with van der Waals surface area (Å²) in [6.07, 6.45) is 4.76. The highest BCUT2D eigenvalue weighted by Gasteiger charge is 2.28. The van der Waals surface area contributed by atoms with Crippen molar-refractivity contribution in [3.05, 3.63) is 71.2 Å². The standard InChI is InChI=1S/C25H25N3O3S/c1-3-14-31-20-10-8-19(9-11-20)22-16-32-25(26-22)27-24(30)15-23-21-7-5-4-6-18(21)12-13-28(23)17(2)29/h4-13,16,23H,3,14-15H2,1-2H3,(H,26,27,30). The van der Waals surface area contributed by atoms with E-state index in [9.17, 15) is 9.59 Å². The highest BCUT2D eigenvalue weighted by molar-refractivity contribution is 7.14. The first-order chi connectivity index (χ1) is 15.5. The molecule has 1 atom stereocenters. The second-order valence-electron chi connectivity index (χ2n) is 7.55. The Bertz CT molecular complexity index is 1140. The largest absolute Gasteiger partial charge is 0.494 e. The molecule has 32 heavy (non-hydrogen) atoms. The molecule has 0 fully saturated rings. The van der Waals surface area contributed by atoms with E-state index in [1.165, 1.54) is 18.3 Å². The number of ether oxygens (including phenoxy) is 1. The summed E-state index contributed by atoms with van der Waals surface area (Å²) in [4.78, 5) is 31.1. The molecule has 2 aromatic carbocycles. The molecule has 0 bridgehead atoms. The Hall–Kier alpha value is -3.45. The van der Waals surface area contributed by atoms with Gasteiger partial charge in [0.1, 0.15) is 5.75 Å². The van der Waals surface area contributed by atoms with E-state index in [1.54, 1.807) is 11.1 Å². The van der Waals surface area contributed by atoms with Gasteiger partial charge in [0.25, 0.3) is 0 Å². The third kappa shape index (κ3) is 4.89. The summed E-state index contributed by atoms with van der Waals surface area (Å²) in [6.45, 7) is 4.27. The molecule has 1 aromatic heterocycles. The highest BCUT2D eigenvalue weighted by Crippen LogP contribution is 2.33. The molecule has 0 saturated heterocycles. The van der Waals surface area contributed by atoms with Crippen LogP contribution in [0.4, 0.5) is 5.13 Å². The third-order valence-corrected chi connectivity index (χ3v) is 5.98. The summed E-state index contributed by atoms with van der Waals surface area (Å²) >= 11 is 1.38. The summed E-state index contributed by atoms with van der Waals surface area (Å²) in [6, 6.07) is 15.2. The molecule has 3 aromatic rings. The Morgan fingerprint density at radius 1 is 1.16 bits per heavy atom. The number of carbonyl (C=O) groups is 2. The van der Waals surface area contributed by atoms with Crippen LogP contribution in [0.5, 0.6) is 5.75 Å². The minimum atomic E-state index is -0.344. The van der Waals surface area contributed by atoms with Crippen LogP contribution in [0.3, 0.4) is 0 Å². The molecule has 0 aliphatic carbocycles. The molecule has 6 nitrogen and oxygen atoms in total. The van der Waals surface area contributed by atoms with Gasteiger partial charge in [0.2, 0.25) is 11.8 Å². The van der Waals surface area contributed by atoms with Crippen LogP contribution in [0.1, 0.15) is 43.9 Å². The number of thiazole rings is 1. The minimum absolute atomic E-state index is 0.101. The molecule has 2 amide bonds. The fraction of sp³-hybridized carbons (Fsp3) is 0.240. The lowest BCUT2D eigenvalue weighted by Gasteiger charge is -2.32. The van der Waals surface area contributed by atoms with E-state index in [1.807, 2.05) is 60.0 Å². The summed E-state index contributed by atoms with van der Waals surface area (Å²) in [5.74, 6) is 0.545. The van der Waals surface area contributed by atoms with Crippen LogP contribution in [0, 0.1) is 0 Å². The predicted molar refractivity (Wildman–Crippen MR) is 127 cm³/mol. The van der Waals surface area contributed by atoms with Crippen LogP contribution in [-0.2, 0) is 9.59 Å². The van der Waals surface area contributed by atoms with Crippen LogP contribution in [-0.4, -0.2) is 28.3 Å². The second kappa shape index (κ2) is 9.78. The Morgan fingerprint density at radius 3 is 2.69 bits per heavy atom. The van der Waals surface area contributed by atoms with Gasteiger partial charge in [-0.3, -0.25) is 9.59 Å². The molecule has 1 unspecified atom stereocenters. The first-order valence-corrected chi connectivity index (χ1v) is 11.5. The van der Waals surface area contributed by atoms with Crippen molar-refractivity contribution < 1.29 is 14.3 Å². The van der Waals surface area contributed by atoms with Gasteiger partial charge in [0.15, 0.2) is 5.13 Å². The van der Waals surface area contributed by atoms with E-state index in [0.29, 0.717) is 11.7 Å². The van der Waals surface area contributed by atoms with Crippen molar-refractivity contribution in [2.75, 3.05) is 11.9 Å². The second-order valence-corrected chi connectivity index (χ2v) is 8.41. The topological polar surface area (TPSA) is 71.5 Å². The molecule has 0 radical (unpaired) electrons. The molecule has 4 rings (SSSR count). The number of aromatic nitrogens is 1.